The smallest absolute Gasteiger partial charge is 0.309 e. The van der Waals surface area contributed by atoms with Crippen molar-refractivity contribution in [1.29, 1.82) is 0 Å². The van der Waals surface area contributed by atoms with E-state index in [9.17, 15) is 9.59 Å². The Morgan fingerprint density at radius 1 is 1.16 bits per heavy atom. The lowest BCUT2D eigenvalue weighted by atomic mass is 9.82. The van der Waals surface area contributed by atoms with Crippen LogP contribution in [0.4, 0.5) is 0 Å². The number of carboxylic acid groups (broad SMARTS) is 1. The van der Waals surface area contributed by atoms with Crippen molar-refractivity contribution in [2.75, 3.05) is 0 Å². The summed E-state index contributed by atoms with van der Waals surface area (Å²) >= 11 is 0. The Kier molecular flexibility index (Phi) is 6.89. The van der Waals surface area contributed by atoms with Crippen LogP contribution in [0.1, 0.15) is 65.2 Å². The first kappa shape index (κ1) is 16.0. The van der Waals surface area contributed by atoms with E-state index in [0.29, 0.717) is 25.7 Å². The third kappa shape index (κ3) is 5.21. The maximum atomic E-state index is 12.0. The van der Waals surface area contributed by atoms with Crippen LogP contribution < -0.4 is 0 Å². The molecule has 1 fully saturated rings. The molecular weight excluding hydrogens is 244 g/mol. The van der Waals surface area contributed by atoms with E-state index in [1.54, 1.807) is 0 Å². The Morgan fingerprint density at radius 3 is 2.21 bits per heavy atom. The Bertz CT molecular complexity index is 293. The predicted octanol–water partition coefficient (Wildman–Crippen LogP) is 3.39. The van der Waals surface area contributed by atoms with Crippen LogP contribution in [0.3, 0.4) is 0 Å². The molecule has 110 valence electrons. The summed E-state index contributed by atoms with van der Waals surface area (Å²) in [4.78, 5) is 22.9. The van der Waals surface area contributed by atoms with E-state index >= 15 is 0 Å². The van der Waals surface area contributed by atoms with Gasteiger partial charge in [0.15, 0.2) is 0 Å². The number of carbonyl (C=O) groups excluding carboxylic acids is 1. The van der Waals surface area contributed by atoms with E-state index in [-0.39, 0.29) is 23.9 Å². The molecule has 0 aliphatic heterocycles. The first-order valence-electron chi connectivity index (χ1n) is 7.51. The number of carboxylic acids is 1. The maximum absolute atomic E-state index is 12.0. The topological polar surface area (TPSA) is 63.6 Å². The summed E-state index contributed by atoms with van der Waals surface area (Å²) in [7, 11) is 0. The van der Waals surface area contributed by atoms with Gasteiger partial charge in [0.2, 0.25) is 0 Å². The van der Waals surface area contributed by atoms with Gasteiger partial charge in [0, 0.05) is 0 Å². The summed E-state index contributed by atoms with van der Waals surface area (Å²) in [6, 6.07) is 0. The van der Waals surface area contributed by atoms with E-state index in [1.807, 2.05) is 6.92 Å². The Morgan fingerprint density at radius 2 is 1.74 bits per heavy atom. The summed E-state index contributed by atoms with van der Waals surface area (Å²) in [5, 5.41) is 8.93. The monoisotopic (exact) mass is 270 g/mol. The summed E-state index contributed by atoms with van der Waals surface area (Å²) in [6.07, 6.45) is 6.51. The fraction of sp³-hybridized carbons (Fsp3) is 0.867. The second kappa shape index (κ2) is 8.18. The molecule has 1 aliphatic carbocycles. The van der Waals surface area contributed by atoms with Crippen LogP contribution in [0.15, 0.2) is 0 Å². The molecule has 0 aromatic carbocycles. The lowest BCUT2D eigenvalue weighted by Crippen LogP contribution is -2.29. The molecule has 1 unspecified atom stereocenters. The van der Waals surface area contributed by atoms with Crippen LogP contribution in [0.2, 0.25) is 0 Å². The second-order valence-corrected chi connectivity index (χ2v) is 5.50. The third-order valence-corrected chi connectivity index (χ3v) is 4.03. The molecule has 4 heteroatoms. The quantitative estimate of drug-likeness (QED) is 0.720. The summed E-state index contributed by atoms with van der Waals surface area (Å²) < 4.78 is 5.55. The molecule has 0 amide bonds. The van der Waals surface area contributed by atoms with Crippen molar-refractivity contribution < 1.29 is 19.4 Å². The van der Waals surface area contributed by atoms with Gasteiger partial charge in [-0.2, -0.15) is 0 Å². The van der Waals surface area contributed by atoms with E-state index in [4.69, 9.17) is 9.84 Å². The number of esters is 1. The summed E-state index contributed by atoms with van der Waals surface area (Å²) in [5.41, 5.74) is 0. The highest BCUT2D eigenvalue weighted by Gasteiger charge is 2.31. The van der Waals surface area contributed by atoms with Crippen molar-refractivity contribution >= 4 is 11.9 Å². The molecule has 1 atom stereocenters. The molecule has 0 spiro atoms. The Balaban J connectivity index is 2.35. The molecule has 0 aromatic rings. The normalized spacial score (nSPS) is 24.7. The van der Waals surface area contributed by atoms with E-state index in [2.05, 4.69) is 6.92 Å². The Hall–Kier alpha value is -1.06. The predicted molar refractivity (Wildman–Crippen MR) is 72.8 cm³/mol. The highest BCUT2D eigenvalue weighted by atomic mass is 16.5. The Labute approximate surface area is 115 Å². The largest absolute Gasteiger partial charge is 0.481 e. The minimum Gasteiger partial charge on any atom is -0.481 e. The molecule has 1 N–H and O–H groups in total. The third-order valence-electron chi connectivity index (χ3n) is 4.03. The fourth-order valence-electron chi connectivity index (χ4n) is 2.61. The number of carbonyl (C=O) groups is 2. The van der Waals surface area contributed by atoms with Gasteiger partial charge < -0.3 is 9.84 Å². The highest BCUT2D eigenvalue weighted by molar-refractivity contribution is 5.74. The van der Waals surface area contributed by atoms with Gasteiger partial charge in [-0.05, 0) is 38.5 Å². The zero-order valence-electron chi connectivity index (χ0n) is 12.1. The van der Waals surface area contributed by atoms with Crippen LogP contribution in [-0.4, -0.2) is 23.1 Å². The molecule has 1 saturated carbocycles. The van der Waals surface area contributed by atoms with Crippen molar-refractivity contribution in [3.8, 4) is 0 Å². The van der Waals surface area contributed by atoms with Gasteiger partial charge >= 0.3 is 11.9 Å². The average Bonchev–Trinajstić information content (AvgIpc) is 2.43. The van der Waals surface area contributed by atoms with Gasteiger partial charge in [0.25, 0.3) is 0 Å². The maximum Gasteiger partial charge on any atom is 0.309 e. The molecule has 0 bridgehead atoms. The van der Waals surface area contributed by atoms with Gasteiger partial charge in [0.1, 0.15) is 6.10 Å². The number of ether oxygens (including phenoxy) is 1. The molecular formula is C15H26O4. The fourth-order valence-corrected chi connectivity index (χ4v) is 2.61. The standard InChI is InChI=1S/C15H26O4/c1-3-5-6-13(4-2)19-15(18)12-9-7-11(8-10-12)14(16)17/h11-13H,3-10H2,1-2H3,(H,16,17). The van der Waals surface area contributed by atoms with Crippen molar-refractivity contribution in [2.45, 2.75) is 71.3 Å². The number of unbranched alkanes of at least 4 members (excludes halogenated alkanes) is 1. The molecule has 0 aromatic heterocycles. The van der Waals surface area contributed by atoms with Crippen LogP contribution in [0.25, 0.3) is 0 Å². The minimum atomic E-state index is -0.735. The van der Waals surface area contributed by atoms with Gasteiger partial charge in [-0.15, -0.1) is 0 Å². The first-order valence-corrected chi connectivity index (χ1v) is 7.51. The van der Waals surface area contributed by atoms with Crippen molar-refractivity contribution in [3.63, 3.8) is 0 Å². The number of hydrogen-bond acceptors (Lipinski definition) is 3. The van der Waals surface area contributed by atoms with Gasteiger partial charge in [0.05, 0.1) is 11.8 Å². The number of hydrogen-bond donors (Lipinski definition) is 1. The SMILES string of the molecule is CCCCC(CC)OC(=O)C1CCC(C(=O)O)CC1. The zero-order valence-corrected chi connectivity index (χ0v) is 12.1. The highest BCUT2D eigenvalue weighted by Crippen LogP contribution is 2.30. The lowest BCUT2D eigenvalue weighted by Gasteiger charge is -2.26. The van der Waals surface area contributed by atoms with Crippen molar-refractivity contribution in [3.05, 3.63) is 0 Å². The molecule has 0 heterocycles. The molecule has 0 saturated heterocycles. The van der Waals surface area contributed by atoms with Crippen molar-refractivity contribution in [2.24, 2.45) is 11.8 Å². The lowest BCUT2D eigenvalue weighted by molar-refractivity contribution is -0.157. The van der Waals surface area contributed by atoms with Crippen LogP contribution in [0, 0.1) is 11.8 Å². The number of aliphatic carboxylic acids is 1. The van der Waals surface area contributed by atoms with Crippen LogP contribution >= 0.6 is 0 Å². The zero-order chi connectivity index (χ0) is 14.3. The van der Waals surface area contributed by atoms with Gasteiger partial charge in [-0.3, -0.25) is 9.59 Å². The summed E-state index contributed by atoms with van der Waals surface area (Å²) in [6.45, 7) is 4.16. The number of rotatable bonds is 7. The average molecular weight is 270 g/mol. The first-order chi connectivity index (χ1) is 9.08. The minimum absolute atomic E-state index is 0.0321. The van der Waals surface area contributed by atoms with E-state index in [0.717, 1.165) is 25.7 Å². The summed E-state index contributed by atoms with van der Waals surface area (Å²) in [5.74, 6) is -1.22. The second-order valence-electron chi connectivity index (χ2n) is 5.50. The molecule has 1 rings (SSSR count). The van der Waals surface area contributed by atoms with Gasteiger partial charge in [-0.1, -0.05) is 26.7 Å². The van der Waals surface area contributed by atoms with E-state index in [1.165, 1.54) is 0 Å². The van der Waals surface area contributed by atoms with Gasteiger partial charge in [-0.25, -0.2) is 0 Å². The molecule has 4 nitrogen and oxygen atoms in total. The van der Waals surface area contributed by atoms with Crippen LogP contribution in [-0.2, 0) is 14.3 Å². The molecule has 0 radical (unpaired) electrons. The molecule has 1 aliphatic rings. The van der Waals surface area contributed by atoms with E-state index < -0.39 is 5.97 Å². The molecule has 19 heavy (non-hydrogen) atoms. The van der Waals surface area contributed by atoms with Crippen LogP contribution in [0.5, 0.6) is 0 Å². The van der Waals surface area contributed by atoms with Crippen molar-refractivity contribution in [1.82, 2.24) is 0 Å².